The predicted octanol–water partition coefficient (Wildman–Crippen LogP) is 0.361. The van der Waals surface area contributed by atoms with E-state index in [2.05, 4.69) is 27.2 Å². The molecular weight excluding hydrogens is 176 g/mol. The Labute approximate surface area is 84.4 Å². The van der Waals surface area contributed by atoms with Crippen molar-refractivity contribution in [1.29, 1.82) is 0 Å². The number of likely N-dealkylation sites (N-methyl/N-ethyl adjacent to an activating group) is 1. The number of aryl methyl sites for hydroxylation is 1. The molecule has 0 spiro atoms. The van der Waals surface area contributed by atoms with Crippen molar-refractivity contribution in [2.24, 2.45) is 0 Å². The SMILES string of the molecule is Cc1nccc(C2CN(C)CCN2)n1. The van der Waals surface area contributed by atoms with Gasteiger partial charge in [-0.1, -0.05) is 0 Å². The highest BCUT2D eigenvalue weighted by Crippen LogP contribution is 2.13. The first-order valence-corrected chi connectivity index (χ1v) is 4.97. The molecule has 76 valence electrons. The first-order valence-electron chi connectivity index (χ1n) is 4.97. The van der Waals surface area contributed by atoms with Crippen molar-refractivity contribution in [3.05, 3.63) is 23.8 Å². The highest BCUT2D eigenvalue weighted by Gasteiger charge is 2.18. The summed E-state index contributed by atoms with van der Waals surface area (Å²) in [6, 6.07) is 2.35. The van der Waals surface area contributed by atoms with Gasteiger partial charge in [0.25, 0.3) is 0 Å². The summed E-state index contributed by atoms with van der Waals surface area (Å²) < 4.78 is 0. The van der Waals surface area contributed by atoms with Crippen LogP contribution in [0.2, 0.25) is 0 Å². The molecule has 2 rings (SSSR count). The molecule has 1 N–H and O–H groups in total. The second kappa shape index (κ2) is 4.02. The van der Waals surface area contributed by atoms with Crippen LogP contribution in [-0.2, 0) is 0 Å². The van der Waals surface area contributed by atoms with E-state index < -0.39 is 0 Å². The Morgan fingerprint density at radius 3 is 3.14 bits per heavy atom. The molecule has 4 nitrogen and oxygen atoms in total. The summed E-state index contributed by atoms with van der Waals surface area (Å²) in [5, 5.41) is 3.46. The first kappa shape index (κ1) is 9.55. The van der Waals surface area contributed by atoms with Crippen molar-refractivity contribution >= 4 is 0 Å². The fraction of sp³-hybridized carbons (Fsp3) is 0.600. The maximum atomic E-state index is 4.43. The second-order valence-corrected chi connectivity index (χ2v) is 3.80. The molecule has 1 aromatic heterocycles. The summed E-state index contributed by atoms with van der Waals surface area (Å²) in [5.74, 6) is 0.845. The Bertz CT molecular complexity index is 313. The van der Waals surface area contributed by atoms with Crippen molar-refractivity contribution in [2.45, 2.75) is 13.0 Å². The average Bonchev–Trinajstić information content (AvgIpc) is 2.18. The van der Waals surface area contributed by atoms with Gasteiger partial charge in [-0.05, 0) is 20.0 Å². The zero-order valence-electron chi connectivity index (χ0n) is 8.70. The van der Waals surface area contributed by atoms with Crippen molar-refractivity contribution < 1.29 is 0 Å². The molecule has 4 heteroatoms. The van der Waals surface area contributed by atoms with Crippen molar-refractivity contribution in [1.82, 2.24) is 20.2 Å². The summed E-state index contributed by atoms with van der Waals surface area (Å²) in [4.78, 5) is 10.9. The van der Waals surface area contributed by atoms with Crippen LogP contribution in [-0.4, -0.2) is 41.5 Å². The van der Waals surface area contributed by atoms with Crippen LogP contribution in [0, 0.1) is 6.92 Å². The lowest BCUT2D eigenvalue weighted by atomic mass is 10.1. The number of nitrogens with zero attached hydrogens (tertiary/aromatic N) is 3. The van der Waals surface area contributed by atoms with Crippen LogP contribution >= 0.6 is 0 Å². The molecule has 0 saturated carbocycles. The van der Waals surface area contributed by atoms with Crippen LogP contribution in [0.3, 0.4) is 0 Å². The quantitative estimate of drug-likeness (QED) is 0.697. The molecule has 1 fully saturated rings. The summed E-state index contributed by atoms with van der Waals surface area (Å²) in [6.45, 7) is 5.09. The van der Waals surface area contributed by atoms with E-state index in [9.17, 15) is 0 Å². The van der Waals surface area contributed by atoms with E-state index in [1.165, 1.54) is 0 Å². The zero-order valence-corrected chi connectivity index (χ0v) is 8.70. The van der Waals surface area contributed by atoms with E-state index >= 15 is 0 Å². The van der Waals surface area contributed by atoms with Crippen molar-refractivity contribution in [3.63, 3.8) is 0 Å². The average molecular weight is 192 g/mol. The molecule has 0 amide bonds. The molecule has 1 unspecified atom stereocenters. The lowest BCUT2D eigenvalue weighted by molar-refractivity contribution is 0.238. The molecule has 0 aliphatic carbocycles. The normalized spacial score (nSPS) is 23.7. The molecule has 1 aliphatic rings. The maximum Gasteiger partial charge on any atom is 0.125 e. The Balaban J connectivity index is 2.14. The third kappa shape index (κ3) is 2.08. The van der Waals surface area contributed by atoms with Gasteiger partial charge in [0.1, 0.15) is 5.82 Å². The van der Waals surface area contributed by atoms with Gasteiger partial charge in [0.2, 0.25) is 0 Å². The highest BCUT2D eigenvalue weighted by molar-refractivity contribution is 5.08. The van der Waals surface area contributed by atoms with Crippen molar-refractivity contribution in [3.8, 4) is 0 Å². The van der Waals surface area contributed by atoms with E-state index in [-0.39, 0.29) is 0 Å². The Morgan fingerprint density at radius 2 is 2.43 bits per heavy atom. The monoisotopic (exact) mass is 192 g/mol. The van der Waals surface area contributed by atoms with Gasteiger partial charge in [-0.15, -0.1) is 0 Å². The third-order valence-corrected chi connectivity index (χ3v) is 2.53. The molecule has 1 atom stereocenters. The smallest absolute Gasteiger partial charge is 0.125 e. The van der Waals surface area contributed by atoms with Crippen LogP contribution in [0.4, 0.5) is 0 Å². The molecule has 0 bridgehead atoms. The van der Waals surface area contributed by atoms with Gasteiger partial charge in [-0.3, -0.25) is 0 Å². The van der Waals surface area contributed by atoms with Crippen LogP contribution < -0.4 is 5.32 Å². The summed E-state index contributed by atoms with van der Waals surface area (Å²) >= 11 is 0. The Hall–Kier alpha value is -1.00. The number of hydrogen-bond acceptors (Lipinski definition) is 4. The van der Waals surface area contributed by atoms with Crippen LogP contribution in [0.25, 0.3) is 0 Å². The fourth-order valence-electron chi connectivity index (χ4n) is 1.76. The predicted molar refractivity (Wildman–Crippen MR) is 55.0 cm³/mol. The summed E-state index contributed by atoms with van der Waals surface area (Å²) in [5.41, 5.74) is 1.10. The van der Waals surface area contributed by atoms with E-state index in [1.807, 2.05) is 19.2 Å². The largest absolute Gasteiger partial charge is 0.306 e. The standard InChI is InChI=1S/C10H16N4/c1-8-11-4-3-9(13-8)10-7-14(2)6-5-12-10/h3-4,10,12H,5-7H2,1-2H3. The molecule has 2 heterocycles. The van der Waals surface area contributed by atoms with E-state index in [4.69, 9.17) is 0 Å². The minimum Gasteiger partial charge on any atom is -0.306 e. The second-order valence-electron chi connectivity index (χ2n) is 3.80. The van der Waals surface area contributed by atoms with E-state index in [0.29, 0.717) is 6.04 Å². The summed E-state index contributed by atoms with van der Waals surface area (Å²) in [6.07, 6.45) is 1.83. The zero-order chi connectivity index (χ0) is 9.97. The number of rotatable bonds is 1. The van der Waals surface area contributed by atoms with Gasteiger partial charge < -0.3 is 10.2 Å². The Kier molecular flexibility index (Phi) is 2.74. The molecule has 1 aromatic rings. The molecular formula is C10H16N4. The molecule has 14 heavy (non-hydrogen) atoms. The number of hydrogen-bond donors (Lipinski definition) is 1. The van der Waals surface area contributed by atoms with Gasteiger partial charge in [-0.25, -0.2) is 9.97 Å². The minimum absolute atomic E-state index is 0.357. The van der Waals surface area contributed by atoms with E-state index in [0.717, 1.165) is 31.2 Å². The lowest BCUT2D eigenvalue weighted by Crippen LogP contribution is -2.44. The topological polar surface area (TPSA) is 41.1 Å². The lowest BCUT2D eigenvalue weighted by Gasteiger charge is -2.30. The van der Waals surface area contributed by atoms with Gasteiger partial charge in [0.15, 0.2) is 0 Å². The van der Waals surface area contributed by atoms with E-state index in [1.54, 1.807) is 0 Å². The van der Waals surface area contributed by atoms with Crippen LogP contribution in [0.1, 0.15) is 17.6 Å². The number of aromatic nitrogens is 2. The summed E-state index contributed by atoms with van der Waals surface area (Å²) in [7, 11) is 2.14. The number of piperazine rings is 1. The van der Waals surface area contributed by atoms with Crippen LogP contribution in [0.5, 0.6) is 0 Å². The van der Waals surface area contributed by atoms with Crippen LogP contribution in [0.15, 0.2) is 12.3 Å². The molecule has 0 radical (unpaired) electrons. The Morgan fingerprint density at radius 1 is 1.57 bits per heavy atom. The maximum absolute atomic E-state index is 4.43. The number of nitrogens with one attached hydrogen (secondary N) is 1. The van der Waals surface area contributed by atoms with Gasteiger partial charge in [-0.2, -0.15) is 0 Å². The minimum atomic E-state index is 0.357. The fourth-order valence-corrected chi connectivity index (χ4v) is 1.76. The highest BCUT2D eigenvalue weighted by atomic mass is 15.2. The molecule has 1 aliphatic heterocycles. The van der Waals surface area contributed by atoms with Gasteiger partial charge in [0.05, 0.1) is 11.7 Å². The van der Waals surface area contributed by atoms with Gasteiger partial charge >= 0.3 is 0 Å². The first-order chi connectivity index (χ1) is 6.75. The molecule has 1 saturated heterocycles. The third-order valence-electron chi connectivity index (χ3n) is 2.53. The van der Waals surface area contributed by atoms with Gasteiger partial charge in [0, 0.05) is 25.8 Å². The molecule has 0 aromatic carbocycles. The van der Waals surface area contributed by atoms with Crippen molar-refractivity contribution in [2.75, 3.05) is 26.7 Å².